The molecule has 7 nitrogen and oxygen atoms in total. The summed E-state index contributed by atoms with van der Waals surface area (Å²) in [6.45, 7) is 1.84. The third-order valence-electron chi connectivity index (χ3n) is 5.51. The Kier molecular flexibility index (Phi) is 6.07. The number of aliphatic hydroxyl groups is 1. The van der Waals surface area contributed by atoms with Crippen LogP contribution in [0.25, 0.3) is 5.76 Å². The van der Waals surface area contributed by atoms with Crippen LogP contribution in [0, 0.1) is 6.92 Å². The highest BCUT2D eigenvalue weighted by Crippen LogP contribution is 2.45. The number of anilines is 1. The predicted octanol–water partition coefficient (Wildman–Crippen LogP) is 4.69. The zero-order valence-corrected chi connectivity index (χ0v) is 19.0. The largest absolute Gasteiger partial charge is 0.506 e. The zero-order valence-electron chi connectivity index (χ0n) is 18.2. The van der Waals surface area contributed by atoms with Crippen LogP contribution >= 0.6 is 11.6 Å². The number of carbonyl (C=O) groups excluding carboxylic acids is 2. The Balaban J connectivity index is 2.01. The van der Waals surface area contributed by atoms with Crippen molar-refractivity contribution >= 4 is 34.7 Å². The van der Waals surface area contributed by atoms with Gasteiger partial charge in [-0.05, 0) is 48.9 Å². The van der Waals surface area contributed by atoms with Gasteiger partial charge >= 0.3 is 0 Å². The van der Waals surface area contributed by atoms with Gasteiger partial charge < -0.3 is 14.6 Å². The summed E-state index contributed by atoms with van der Waals surface area (Å²) in [5.74, 6) is -1.50. The fourth-order valence-electron chi connectivity index (χ4n) is 3.87. The average molecular weight is 465 g/mol. The molecule has 2 heterocycles. The monoisotopic (exact) mass is 464 g/mol. The Hall–Kier alpha value is -3.84. The van der Waals surface area contributed by atoms with E-state index in [9.17, 15) is 14.7 Å². The van der Waals surface area contributed by atoms with E-state index in [1.54, 1.807) is 60.8 Å². The van der Waals surface area contributed by atoms with E-state index in [0.717, 1.165) is 5.56 Å². The lowest BCUT2D eigenvalue weighted by Gasteiger charge is -2.25. The molecule has 1 aromatic heterocycles. The minimum atomic E-state index is -0.986. The summed E-state index contributed by atoms with van der Waals surface area (Å²) >= 11 is 6.31. The van der Waals surface area contributed by atoms with Crippen LogP contribution in [-0.4, -0.2) is 36.0 Å². The van der Waals surface area contributed by atoms with Crippen molar-refractivity contribution in [3.63, 3.8) is 0 Å². The first-order chi connectivity index (χ1) is 15.9. The minimum absolute atomic E-state index is 0.127. The van der Waals surface area contributed by atoms with Crippen molar-refractivity contribution in [3.8, 4) is 11.5 Å². The van der Waals surface area contributed by atoms with Gasteiger partial charge in [-0.25, -0.2) is 0 Å². The summed E-state index contributed by atoms with van der Waals surface area (Å²) in [7, 11) is 2.88. The molecule has 1 atom stereocenters. The maximum absolute atomic E-state index is 13.3. The van der Waals surface area contributed by atoms with Gasteiger partial charge in [-0.15, -0.1) is 0 Å². The van der Waals surface area contributed by atoms with Crippen LogP contribution < -0.4 is 14.4 Å². The van der Waals surface area contributed by atoms with E-state index < -0.39 is 23.5 Å². The molecule has 33 heavy (non-hydrogen) atoms. The number of ketones is 1. The van der Waals surface area contributed by atoms with E-state index in [2.05, 4.69) is 4.98 Å². The second-order valence-electron chi connectivity index (χ2n) is 7.39. The fraction of sp³-hybridized carbons (Fsp3) is 0.160. The number of benzene rings is 2. The standard InChI is InChI=1S/C25H21ClN2O5/c1-14-10-11-15(13-16(14)26)28-22(17-7-4-5-12-27-17)21(24(30)25(28)31)23(29)20-18(32-2)8-6-9-19(20)33-3/h4-13,22,29H,1-3H3/b23-21+. The van der Waals surface area contributed by atoms with E-state index in [1.807, 2.05) is 6.92 Å². The maximum atomic E-state index is 13.3. The molecule has 0 bridgehead atoms. The Labute approximate surface area is 195 Å². The zero-order chi connectivity index (χ0) is 23.7. The number of carbonyl (C=O) groups is 2. The molecule has 0 saturated carbocycles. The molecule has 1 aliphatic rings. The van der Waals surface area contributed by atoms with Crippen LogP contribution in [0.15, 0.2) is 66.4 Å². The number of nitrogens with zero attached hydrogens (tertiary/aromatic N) is 2. The number of rotatable bonds is 5. The molecule has 1 saturated heterocycles. The van der Waals surface area contributed by atoms with Crippen molar-refractivity contribution < 1.29 is 24.2 Å². The van der Waals surface area contributed by atoms with Gasteiger partial charge in [-0.2, -0.15) is 0 Å². The van der Waals surface area contributed by atoms with Gasteiger partial charge in [0.05, 0.1) is 25.5 Å². The first-order valence-corrected chi connectivity index (χ1v) is 10.5. The van der Waals surface area contributed by atoms with Crippen molar-refractivity contribution in [2.24, 2.45) is 0 Å². The molecule has 1 aliphatic heterocycles. The van der Waals surface area contributed by atoms with Crippen molar-refractivity contribution in [1.82, 2.24) is 4.98 Å². The smallest absolute Gasteiger partial charge is 0.300 e. The number of hydrogen-bond acceptors (Lipinski definition) is 6. The Bertz CT molecular complexity index is 1250. The summed E-state index contributed by atoms with van der Waals surface area (Å²) in [5, 5.41) is 11.8. The summed E-state index contributed by atoms with van der Waals surface area (Å²) in [6, 6.07) is 14.2. The Morgan fingerprint density at radius 3 is 2.30 bits per heavy atom. The van der Waals surface area contributed by atoms with Crippen molar-refractivity contribution in [2.45, 2.75) is 13.0 Å². The second kappa shape index (κ2) is 8.96. The van der Waals surface area contributed by atoms with E-state index in [0.29, 0.717) is 16.4 Å². The molecule has 0 radical (unpaired) electrons. The normalized spacial score (nSPS) is 17.3. The minimum Gasteiger partial charge on any atom is -0.506 e. The maximum Gasteiger partial charge on any atom is 0.300 e. The molecule has 0 aliphatic carbocycles. The van der Waals surface area contributed by atoms with E-state index >= 15 is 0 Å². The summed E-state index contributed by atoms with van der Waals surface area (Å²) in [4.78, 5) is 32.2. The first kappa shape index (κ1) is 22.4. The summed E-state index contributed by atoms with van der Waals surface area (Å²) in [5.41, 5.74) is 1.69. The lowest BCUT2D eigenvalue weighted by Crippen LogP contribution is -2.29. The molecule has 2 aromatic carbocycles. The molecular weight excluding hydrogens is 444 g/mol. The van der Waals surface area contributed by atoms with Gasteiger partial charge in [0.15, 0.2) is 0 Å². The van der Waals surface area contributed by atoms with E-state index in [-0.39, 0.29) is 22.6 Å². The molecule has 1 amide bonds. The molecule has 1 N–H and O–H groups in total. The number of ether oxygens (including phenoxy) is 2. The van der Waals surface area contributed by atoms with Crippen LogP contribution in [-0.2, 0) is 9.59 Å². The highest BCUT2D eigenvalue weighted by molar-refractivity contribution is 6.51. The Morgan fingerprint density at radius 1 is 1.03 bits per heavy atom. The van der Waals surface area contributed by atoms with Gasteiger partial charge in [0.1, 0.15) is 28.9 Å². The van der Waals surface area contributed by atoms with Crippen molar-refractivity contribution in [2.75, 3.05) is 19.1 Å². The SMILES string of the molecule is COc1cccc(OC)c1/C(O)=C1\C(=O)C(=O)N(c2ccc(C)c(Cl)c2)C1c1ccccn1. The number of methoxy groups -OCH3 is 2. The molecule has 4 rings (SSSR count). The number of aromatic nitrogens is 1. The lowest BCUT2D eigenvalue weighted by molar-refractivity contribution is -0.132. The second-order valence-corrected chi connectivity index (χ2v) is 7.80. The van der Waals surface area contributed by atoms with Crippen LogP contribution in [0.3, 0.4) is 0 Å². The van der Waals surface area contributed by atoms with Gasteiger partial charge in [-0.3, -0.25) is 19.5 Å². The average Bonchev–Trinajstić information content (AvgIpc) is 3.10. The number of halogens is 1. The number of hydrogen-bond donors (Lipinski definition) is 1. The molecular formula is C25H21ClN2O5. The fourth-order valence-corrected chi connectivity index (χ4v) is 4.04. The highest BCUT2D eigenvalue weighted by Gasteiger charge is 2.48. The number of amides is 1. The molecule has 8 heteroatoms. The molecule has 1 unspecified atom stereocenters. The highest BCUT2D eigenvalue weighted by atomic mass is 35.5. The molecule has 0 spiro atoms. The third-order valence-corrected chi connectivity index (χ3v) is 5.92. The van der Waals surface area contributed by atoms with Gasteiger partial charge in [0.25, 0.3) is 11.7 Å². The van der Waals surface area contributed by atoms with Gasteiger partial charge in [0.2, 0.25) is 0 Å². The predicted molar refractivity (Wildman–Crippen MR) is 125 cm³/mol. The topological polar surface area (TPSA) is 89.0 Å². The van der Waals surface area contributed by atoms with Crippen LogP contribution in [0.4, 0.5) is 5.69 Å². The van der Waals surface area contributed by atoms with Gasteiger partial charge in [-0.1, -0.05) is 29.8 Å². The Morgan fingerprint density at radius 2 is 1.73 bits per heavy atom. The first-order valence-electron chi connectivity index (χ1n) is 10.1. The van der Waals surface area contributed by atoms with E-state index in [1.165, 1.54) is 19.1 Å². The quantitative estimate of drug-likeness (QED) is 0.335. The lowest BCUT2D eigenvalue weighted by atomic mass is 9.97. The third kappa shape index (κ3) is 3.81. The summed E-state index contributed by atoms with van der Waals surface area (Å²) < 4.78 is 10.8. The van der Waals surface area contributed by atoms with Crippen LogP contribution in [0.2, 0.25) is 5.02 Å². The number of pyridine rings is 1. The molecule has 168 valence electrons. The number of aryl methyl sites for hydroxylation is 1. The molecule has 1 fully saturated rings. The number of Topliss-reactive ketones (excluding diaryl/α,β-unsaturated/α-hetero) is 1. The number of aliphatic hydroxyl groups excluding tert-OH is 1. The van der Waals surface area contributed by atoms with Crippen molar-refractivity contribution in [1.29, 1.82) is 0 Å². The summed E-state index contributed by atoms with van der Waals surface area (Å²) in [6.07, 6.45) is 1.56. The van der Waals surface area contributed by atoms with Crippen LogP contribution in [0.1, 0.15) is 22.9 Å². The van der Waals surface area contributed by atoms with Crippen LogP contribution in [0.5, 0.6) is 11.5 Å². The molecule has 3 aromatic rings. The van der Waals surface area contributed by atoms with Crippen molar-refractivity contribution in [3.05, 3.63) is 88.2 Å². The van der Waals surface area contributed by atoms with Gasteiger partial charge in [0, 0.05) is 16.9 Å². The van der Waals surface area contributed by atoms with E-state index in [4.69, 9.17) is 21.1 Å².